The van der Waals surface area contributed by atoms with Gasteiger partial charge in [-0.2, -0.15) is 5.10 Å². The summed E-state index contributed by atoms with van der Waals surface area (Å²) in [6.07, 6.45) is 7.84. The molecule has 6 rings (SSSR count). The smallest absolute Gasteiger partial charge is 0.229 e. The number of amidine groups is 1. The van der Waals surface area contributed by atoms with Crippen molar-refractivity contribution in [1.82, 2.24) is 19.7 Å². The predicted octanol–water partition coefficient (Wildman–Crippen LogP) is 5.92. The molecule has 0 unspecified atom stereocenters. The summed E-state index contributed by atoms with van der Waals surface area (Å²) in [5, 5.41) is 5.21. The van der Waals surface area contributed by atoms with Gasteiger partial charge >= 0.3 is 0 Å². The Balaban J connectivity index is 1.48. The summed E-state index contributed by atoms with van der Waals surface area (Å²) >= 11 is 6.18. The van der Waals surface area contributed by atoms with Crippen LogP contribution in [0.25, 0.3) is 22.5 Å². The molecule has 0 fully saturated rings. The Labute approximate surface area is 236 Å². The lowest BCUT2D eigenvalue weighted by molar-refractivity contribution is 0.607. The van der Waals surface area contributed by atoms with Crippen LogP contribution < -0.4 is 9.62 Å². The molecule has 198 valence electrons. The van der Waals surface area contributed by atoms with E-state index in [0.29, 0.717) is 33.7 Å². The third-order valence-electron chi connectivity index (χ3n) is 6.26. The fourth-order valence-electron chi connectivity index (χ4n) is 4.48. The van der Waals surface area contributed by atoms with E-state index >= 15 is 0 Å². The first-order valence-corrected chi connectivity index (χ1v) is 14.4. The first-order valence-electron chi connectivity index (χ1n) is 12.1. The van der Waals surface area contributed by atoms with Crippen molar-refractivity contribution >= 4 is 50.3 Å². The highest BCUT2D eigenvalue weighted by molar-refractivity contribution is 7.92. The molecule has 0 aliphatic carbocycles. The lowest BCUT2D eigenvalue weighted by Gasteiger charge is -2.31. The molecule has 0 atom stereocenters. The topological polar surface area (TPSA) is 105 Å². The molecule has 9 nitrogen and oxygen atoms in total. The molecular formula is C29H22ClN7O2S. The van der Waals surface area contributed by atoms with Crippen molar-refractivity contribution in [2.75, 3.05) is 15.9 Å². The molecule has 0 saturated heterocycles. The summed E-state index contributed by atoms with van der Waals surface area (Å²) in [6, 6.07) is 22.4. The van der Waals surface area contributed by atoms with Gasteiger partial charge in [-0.05, 0) is 48.0 Å². The molecule has 0 spiro atoms. The molecule has 0 bridgehead atoms. The number of halogens is 1. The second kappa shape index (κ2) is 10.1. The van der Waals surface area contributed by atoms with Crippen LogP contribution in [-0.2, 0) is 10.0 Å². The number of anilines is 2. The van der Waals surface area contributed by atoms with E-state index in [9.17, 15) is 8.42 Å². The molecule has 3 heterocycles. The molecule has 11 heteroatoms. The van der Waals surface area contributed by atoms with Crippen molar-refractivity contribution in [3.63, 3.8) is 0 Å². The van der Waals surface area contributed by atoms with E-state index in [-0.39, 0.29) is 0 Å². The van der Waals surface area contributed by atoms with Gasteiger partial charge in [-0.15, -0.1) is 0 Å². The number of nitrogens with one attached hydrogen (secondary N) is 1. The molecule has 1 aliphatic heterocycles. The van der Waals surface area contributed by atoms with Crippen molar-refractivity contribution in [2.45, 2.75) is 0 Å². The van der Waals surface area contributed by atoms with Crippen molar-refractivity contribution < 1.29 is 8.42 Å². The standard InChI is InChI=1S/C29H22ClN7O2S/c1-19-27-17-33-37(26-5-3-4-24(14-26)35-40(2,38)39)29(27)34-28(36(19)25-12-10-23(30)11-13-25)21-8-6-20(7-9-21)22-15-31-18-32-16-22/h3-18,35H,1H2,2H3. The van der Waals surface area contributed by atoms with Crippen molar-refractivity contribution in [3.05, 3.63) is 120 Å². The van der Waals surface area contributed by atoms with Gasteiger partial charge in [0, 0.05) is 34.2 Å². The summed E-state index contributed by atoms with van der Waals surface area (Å²) in [6.45, 7) is 4.40. The van der Waals surface area contributed by atoms with Gasteiger partial charge < -0.3 is 0 Å². The molecule has 0 amide bonds. The van der Waals surface area contributed by atoms with Crippen molar-refractivity contribution in [1.29, 1.82) is 0 Å². The Morgan fingerprint density at radius 1 is 0.850 bits per heavy atom. The minimum Gasteiger partial charge on any atom is -0.294 e. The molecule has 5 aromatic rings. The average Bonchev–Trinajstić information content (AvgIpc) is 3.38. The van der Waals surface area contributed by atoms with Gasteiger partial charge in [0.1, 0.15) is 12.2 Å². The molecule has 1 aliphatic rings. The first-order chi connectivity index (χ1) is 19.3. The van der Waals surface area contributed by atoms with Gasteiger partial charge in [-0.1, -0.05) is 48.5 Å². The monoisotopic (exact) mass is 567 g/mol. The van der Waals surface area contributed by atoms with Crippen molar-refractivity contribution in [3.8, 4) is 16.8 Å². The Hall–Kier alpha value is -4.80. The Morgan fingerprint density at radius 2 is 1.55 bits per heavy atom. The van der Waals surface area contributed by atoms with Crippen LogP contribution in [0.5, 0.6) is 0 Å². The molecule has 0 saturated carbocycles. The molecule has 40 heavy (non-hydrogen) atoms. The lowest BCUT2D eigenvalue weighted by atomic mass is 10.0. The molecule has 1 N–H and O–H groups in total. The fraction of sp³-hybridized carbons (Fsp3) is 0.0345. The Bertz CT molecular complexity index is 1870. The number of hydrogen-bond acceptors (Lipinski definition) is 7. The van der Waals surface area contributed by atoms with Crippen LogP contribution >= 0.6 is 11.6 Å². The van der Waals surface area contributed by atoms with Crippen LogP contribution in [0.15, 0.2) is 109 Å². The van der Waals surface area contributed by atoms with E-state index in [1.54, 1.807) is 41.5 Å². The summed E-state index contributed by atoms with van der Waals surface area (Å²) in [5.41, 5.74) is 6.04. The van der Waals surface area contributed by atoms with Gasteiger partial charge in [-0.3, -0.25) is 9.62 Å². The predicted molar refractivity (Wildman–Crippen MR) is 159 cm³/mol. The van der Waals surface area contributed by atoms with Gasteiger partial charge in [0.2, 0.25) is 10.0 Å². The fourth-order valence-corrected chi connectivity index (χ4v) is 5.16. The maximum atomic E-state index is 11.8. The highest BCUT2D eigenvalue weighted by Gasteiger charge is 2.29. The number of fused-ring (bicyclic) bond motifs is 1. The summed E-state index contributed by atoms with van der Waals surface area (Å²) in [7, 11) is -3.44. The Morgan fingerprint density at radius 3 is 2.25 bits per heavy atom. The third kappa shape index (κ3) is 4.97. The maximum Gasteiger partial charge on any atom is 0.229 e. The number of nitrogens with zero attached hydrogens (tertiary/aromatic N) is 6. The summed E-state index contributed by atoms with van der Waals surface area (Å²) in [4.78, 5) is 15.3. The van der Waals surface area contributed by atoms with Crippen molar-refractivity contribution in [2.24, 2.45) is 4.99 Å². The highest BCUT2D eigenvalue weighted by Crippen LogP contribution is 2.39. The van der Waals surface area contributed by atoms with E-state index in [1.165, 1.54) is 6.33 Å². The third-order valence-corrected chi connectivity index (χ3v) is 7.12. The van der Waals surface area contributed by atoms with E-state index in [4.69, 9.17) is 16.6 Å². The van der Waals surface area contributed by atoms with Gasteiger partial charge in [-0.25, -0.2) is 28.1 Å². The van der Waals surface area contributed by atoms with E-state index in [2.05, 4.69) is 26.4 Å². The first kappa shape index (κ1) is 25.5. The number of aromatic nitrogens is 4. The summed E-state index contributed by atoms with van der Waals surface area (Å²) in [5.74, 6) is 1.21. The largest absolute Gasteiger partial charge is 0.294 e. The average molecular weight is 568 g/mol. The maximum absolute atomic E-state index is 11.8. The zero-order valence-electron chi connectivity index (χ0n) is 21.2. The second-order valence-electron chi connectivity index (χ2n) is 9.12. The van der Waals surface area contributed by atoms with Crippen LogP contribution in [0, 0.1) is 0 Å². The molecule has 0 radical (unpaired) electrons. The highest BCUT2D eigenvalue weighted by atomic mass is 35.5. The van der Waals surface area contributed by atoms with Gasteiger partial charge in [0.05, 0.1) is 35.1 Å². The van der Waals surface area contributed by atoms with Crippen LogP contribution in [0.2, 0.25) is 5.02 Å². The summed E-state index contributed by atoms with van der Waals surface area (Å²) < 4.78 is 27.8. The number of aliphatic imine (C=N–C) groups is 1. The van der Waals surface area contributed by atoms with Gasteiger partial charge in [0.25, 0.3) is 0 Å². The van der Waals surface area contributed by atoms with Crippen LogP contribution in [0.1, 0.15) is 11.1 Å². The lowest BCUT2D eigenvalue weighted by Crippen LogP contribution is -2.32. The SMILES string of the molecule is C=C1c2cnn(-c3cccc(NS(C)(=O)=O)c3)c2N=C(c2ccc(-c3cncnc3)cc2)N1c1ccc(Cl)cc1. The number of benzene rings is 3. The Kier molecular flexibility index (Phi) is 6.41. The van der Waals surface area contributed by atoms with Crippen LogP contribution in [-0.4, -0.2) is 40.3 Å². The number of sulfonamides is 1. The molecule has 3 aromatic carbocycles. The van der Waals surface area contributed by atoms with E-state index in [1.807, 2.05) is 59.5 Å². The number of hydrogen-bond donors (Lipinski definition) is 1. The quantitative estimate of drug-likeness (QED) is 0.273. The van der Waals surface area contributed by atoms with Crippen LogP contribution in [0.4, 0.5) is 17.2 Å². The van der Waals surface area contributed by atoms with E-state index in [0.717, 1.165) is 34.2 Å². The zero-order chi connectivity index (χ0) is 27.9. The second-order valence-corrected chi connectivity index (χ2v) is 11.3. The molecule has 2 aromatic heterocycles. The number of rotatable bonds is 6. The van der Waals surface area contributed by atoms with E-state index < -0.39 is 10.0 Å². The zero-order valence-corrected chi connectivity index (χ0v) is 22.8. The minimum atomic E-state index is -3.44. The molecular weight excluding hydrogens is 546 g/mol. The van der Waals surface area contributed by atoms with Crippen LogP contribution in [0.3, 0.4) is 0 Å². The minimum absolute atomic E-state index is 0.423. The normalized spacial score (nSPS) is 13.1. The van der Waals surface area contributed by atoms with Gasteiger partial charge in [0.15, 0.2) is 5.82 Å².